The molecule has 0 saturated heterocycles. The highest BCUT2D eigenvalue weighted by molar-refractivity contribution is 5.78. The molecule has 106 valence electrons. The quantitative estimate of drug-likeness (QED) is 0.758. The lowest BCUT2D eigenvalue weighted by atomic mass is 10.1. The van der Waals surface area contributed by atoms with Gasteiger partial charge in [0.1, 0.15) is 5.75 Å². The number of nitrogens with two attached hydrogens (primary N) is 1. The van der Waals surface area contributed by atoms with Crippen LogP contribution >= 0.6 is 0 Å². The van der Waals surface area contributed by atoms with Gasteiger partial charge in [-0.2, -0.15) is 0 Å². The molecule has 0 heterocycles. The van der Waals surface area contributed by atoms with E-state index in [1.165, 1.54) is 0 Å². The smallest absolute Gasteiger partial charge is 0.227 e. The molecular weight excluding hydrogens is 244 g/mol. The van der Waals surface area contributed by atoms with Gasteiger partial charge in [-0.3, -0.25) is 4.79 Å². The van der Waals surface area contributed by atoms with Crippen LogP contribution in [-0.4, -0.2) is 42.7 Å². The minimum atomic E-state index is -0.249. The van der Waals surface area contributed by atoms with Crippen LogP contribution < -0.4 is 10.5 Å². The van der Waals surface area contributed by atoms with Gasteiger partial charge >= 0.3 is 0 Å². The SMILES string of the molecule is COc1ccccc1CN(CCO)C(=O)C(C)CN. The van der Waals surface area contributed by atoms with Crippen molar-refractivity contribution in [2.45, 2.75) is 13.5 Å². The summed E-state index contributed by atoms with van der Waals surface area (Å²) in [5.41, 5.74) is 6.43. The number of aliphatic hydroxyl groups excluding tert-OH is 1. The number of ether oxygens (including phenoxy) is 1. The van der Waals surface area contributed by atoms with Gasteiger partial charge in [0.15, 0.2) is 0 Å². The van der Waals surface area contributed by atoms with Gasteiger partial charge in [0.05, 0.1) is 13.7 Å². The fourth-order valence-electron chi connectivity index (χ4n) is 1.84. The number of aliphatic hydroxyl groups is 1. The van der Waals surface area contributed by atoms with E-state index in [0.29, 0.717) is 19.6 Å². The molecule has 5 nitrogen and oxygen atoms in total. The number of methoxy groups -OCH3 is 1. The Morgan fingerprint density at radius 1 is 1.47 bits per heavy atom. The van der Waals surface area contributed by atoms with Crippen LogP contribution in [0.4, 0.5) is 0 Å². The molecule has 0 aliphatic rings. The van der Waals surface area contributed by atoms with Gasteiger partial charge in [-0.25, -0.2) is 0 Å². The van der Waals surface area contributed by atoms with Crippen LogP contribution in [0.3, 0.4) is 0 Å². The third-order valence-electron chi connectivity index (χ3n) is 3.01. The molecule has 0 fully saturated rings. The minimum absolute atomic E-state index is 0.0533. The van der Waals surface area contributed by atoms with Gasteiger partial charge in [0.25, 0.3) is 0 Å². The standard InChI is InChI=1S/C14H22N2O3/c1-11(9-15)14(18)16(7-8-17)10-12-5-3-4-6-13(12)19-2/h3-6,11,17H,7-10,15H2,1-2H3. The van der Waals surface area contributed by atoms with Crippen LogP contribution in [0.15, 0.2) is 24.3 Å². The van der Waals surface area contributed by atoms with Crippen molar-refractivity contribution in [1.82, 2.24) is 4.90 Å². The molecule has 3 N–H and O–H groups in total. The van der Waals surface area contributed by atoms with Gasteiger partial charge in [-0.05, 0) is 6.07 Å². The zero-order valence-electron chi connectivity index (χ0n) is 11.5. The minimum Gasteiger partial charge on any atom is -0.496 e. The summed E-state index contributed by atoms with van der Waals surface area (Å²) in [5, 5.41) is 9.09. The molecule has 0 radical (unpaired) electrons. The second-order valence-corrected chi connectivity index (χ2v) is 4.43. The van der Waals surface area contributed by atoms with E-state index in [2.05, 4.69) is 0 Å². The first-order valence-electron chi connectivity index (χ1n) is 6.35. The summed E-state index contributed by atoms with van der Waals surface area (Å²) in [6.07, 6.45) is 0. The molecule has 1 aromatic carbocycles. The molecule has 1 unspecified atom stereocenters. The first-order valence-corrected chi connectivity index (χ1v) is 6.35. The van der Waals surface area contributed by atoms with Crippen molar-refractivity contribution in [1.29, 1.82) is 0 Å². The molecule has 1 atom stereocenters. The van der Waals surface area contributed by atoms with Crippen LogP contribution in [0.2, 0.25) is 0 Å². The third-order valence-corrected chi connectivity index (χ3v) is 3.01. The summed E-state index contributed by atoms with van der Waals surface area (Å²) in [5.74, 6) is 0.433. The Hall–Kier alpha value is -1.59. The number of nitrogens with zero attached hydrogens (tertiary/aromatic N) is 1. The van der Waals surface area contributed by atoms with Gasteiger partial charge in [-0.15, -0.1) is 0 Å². The highest BCUT2D eigenvalue weighted by Gasteiger charge is 2.20. The van der Waals surface area contributed by atoms with Gasteiger partial charge in [0, 0.05) is 31.1 Å². The van der Waals surface area contributed by atoms with E-state index in [9.17, 15) is 4.79 Å². The van der Waals surface area contributed by atoms with Crippen LogP contribution in [0.1, 0.15) is 12.5 Å². The summed E-state index contributed by atoms with van der Waals surface area (Å²) in [4.78, 5) is 13.8. The normalized spacial score (nSPS) is 12.0. The Morgan fingerprint density at radius 3 is 2.74 bits per heavy atom. The van der Waals surface area contributed by atoms with Crippen LogP contribution in [0.25, 0.3) is 0 Å². The van der Waals surface area contributed by atoms with E-state index < -0.39 is 0 Å². The van der Waals surface area contributed by atoms with Crippen molar-refractivity contribution in [3.05, 3.63) is 29.8 Å². The molecule has 0 saturated carbocycles. The summed E-state index contributed by atoms with van der Waals surface area (Å²) < 4.78 is 5.27. The maximum Gasteiger partial charge on any atom is 0.227 e. The Labute approximate surface area is 114 Å². The number of hydrogen-bond acceptors (Lipinski definition) is 4. The molecule has 1 rings (SSSR count). The fourth-order valence-corrected chi connectivity index (χ4v) is 1.84. The predicted octanol–water partition coefficient (Wildman–Crippen LogP) is 0.611. The first-order chi connectivity index (χ1) is 9.13. The van der Waals surface area contributed by atoms with Crippen LogP contribution in [-0.2, 0) is 11.3 Å². The van der Waals surface area contributed by atoms with Crippen molar-refractivity contribution in [2.75, 3.05) is 26.8 Å². The summed E-state index contributed by atoms with van der Waals surface area (Å²) in [7, 11) is 1.60. The summed E-state index contributed by atoms with van der Waals surface area (Å²) in [6.45, 7) is 2.72. The molecular formula is C14H22N2O3. The maximum absolute atomic E-state index is 12.2. The van der Waals surface area contributed by atoms with Crippen molar-refractivity contribution in [2.24, 2.45) is 11.7 Å². The third kappa shape index (κ3) is 4.22. The molecule has 0 aromatic heterocycles. The number of carbonyl (C=O) groups excluding carboxylic acids is 1. The van der Waals surface area contributed by atoms with Crippen molar-refractivity contribution in [3.63, 3.8) is 0 Å². The topological polar surface area (TPSA) is 75.8 Å². The number of rotatable bonds is 7. The molecule has 1 amide bonds. The predicted molar refractivity (Wildman–Crippen MR) is 73.7 cm³/mol. The number of para-hydroxylation sites is 1. The average molecular weight is 266 g/mol. The molecule has 0 aliphatic heterocycles. The van der Waals surface area contributed by atoms with E-state index in [4.69, 9.17) is 15.6 Å². The number of benzene rings is 1. The van der Waals surface area contributed by atoms with Gasteiger partial charge in [0.2, 0.25) is 5.91 Å². The number of hydrogen-bond donors (Lipinski definition) is 2. The summed E-state index contributed by atoms with van der Waals surface area (Å²) >= 11 is 0. The zero-order valence-corrected chi connectivity index (χ0v) is 11.5. The van der Waals surface area contributed by atoms with Gasteiger partial charge in [-0.1, -0.05) is 25.1 Å². The Balaban J connectivity index is 2.86. The average Bonchev–Trinajstić information content (AvgIpc) is 2.45. The Bertz CT molecular complexity index is 409. The molecule has 0 aliphatic carbocycles. The van der Waals surface area contributed by atoms with Crippen LogP contribution in [0, 0.1) is 5.92 Å². The van der Waals surface area contributed by atoms with Crippen LogP contribution in [0.5, 0.6) is 5.75 Å². The van der Waals surface area contributed by atoms with Crippen molar-refractivity contribution in [3.8, 4) is 5.75 Å². The maximum atomic E-state index is 12.2. The number of carbonyl (C=O) groups is 1. The first kappa shape index (κ1) is 15.5. The highest BCUT2D eigenvalue weighted by Crippen LogP contribution is 2.19. The monoisotopic (exact) mass is 266 g/mol. The lowest BCUT2D eigenvalue weighted by Gasteiger charge is -2.25. The fraction of sp³-hybridized carbons (Fsp3) is 0.500. The highest BCUT2D eigenvalue weighted by atomic mass is 16.5. The largest absolute Gasteiger partial charge is 0.496 e. The zero-order chi connectivity index (χ0) is 14.3. The lowest BCUT2D eigenvalue weighted by molar-refractivity contribution is -0.135. The summed E-state index contributed by atoms with van der Waals surface area (Å²) in [6, 6.07) is 7.53. The molecule has 0 spiro atoms. The second-order valence-electron chi connectivity index (χ2n) is 4.43. The number of amides is 1. The Morgan fingerprint density at radius 2 is 2.16 bits per heavy atom. The van der Waals surface area contributed by atoms with E-state index in [0.717, 1.165) is 11.3 Å². The molecule has 0 bridgehead atoms. The van der Waals surface area contributed by atoms with Crippen molar-refractivity contribution < 1.29 is 14.6 Å². The molecule has 19 heavy (non-hydrogen) atoms. The lowest BCUT2D eigenvalue weighted by Crippen LogP contribution is -2.39. The van der Waals surface area contributed by atoms with Crippen molar-refractivity contribution >= 4 is 5.91 Å². The van der Waals surface area contributed by atoms with E-state index in [1.807, 2.05) is 24.3 Å². The van der Waals surface area contributed by atoms with E-state index in [1.54, 1.807) is 18.9 Å². The second kappa shape index (κ2) is 7.76. The van der Waals surface area contributed by atoms with Gasteiger partial charge < -0.3 is 20.5 Å². The van der Waals surface area contributed by atoms with E-state index in [-0.39, 0.29) is 18.4 Å². The molecule has 1 aromatic rings. The molecule has 5 heteroatoms. The Kier molecular flexibility index (Phi) is 6.32. The van der Waals surface area contributed by atoms with E-state index >= 15 is 0 Å².